The summed E-state index contributed by atoms with van der Waals surface area (Å²) >= 11 is 0. The minimum absolute atomic E-state index is 0.0994. The number of aromatic hydroxyl groups is 1. The summed E-state index contributed by atoms with van der Waals surface area (Å²) in [6, 6.07) is 10.3. The number of hydrogen-bond acceptors (Lipinski definition) is 7. The Hall–Kier alpha value is -4.40. The Morgan fingerprint density at radius 2 is 1.81 bits per heavy atom. The van der Waals surface area contributed by atoms with Crippen molar-refractivity contribution in [2.45, 2.75) is 26.4 Å². The lowest BCUT2D eigenvalue weighted by molar-refractivity contribution is 0.0716. The molecule has 0 radical (unpaired) electrons. The van der Waals surface area contributed by atoms with Crippen LogP contribution in [0.4, 0.5) is 0 Å². The van der Waals surface area contributed by atoms with Gasteiger partial charge >= 0.3 is 0 Å². The molecular weight excluding hydrogens is 462 g/mol. The Bertz CT molecular complexity index is 1390. The van der Waals surface area contributed by atoms with E-state index >= 15 is 0 Å². The lowest BCUT2D eigenvalue weighted by Crippen LogP contribution is -2.29. The van der Waals surface area contributed by atoms with Crippen LogP contribution in [0.3, 0.4) is 0 Å². The lowest BCUT2D eigenvalue weighted by atomic mass is 9.92. The Morgan fingerprint density at radius 1 is 1.08 bits per heavy atom. The quantitative estimate of drug-likeness (QED) is 0.385. The number of nitrogens with one attached hydrogen (secondary N) is 1. The number of phenols is 1. The summed E-state index contributed by atoms with van der Waals surface area (Å²) in [5, 5.41) is 18.3. The number of furan rings is 1. The van der Waals surface area contributed by atoms with E-state index < -0.39 is 6.04 Å². The number of benzene rings is 2. The van der Waals surface area contributed by atoms with E-state index in [1.807, 2.05) is 38.1 Å². The smallest absolute Gasteiger partial charge is 0.273 e. The van der Waals surface area contributed by atoms with Crippen LogP contribution in [0.25, 0.3) is 11.3 Å². The maximum atomic E-state index is 13.7. The number of nitrogens with zero attached hydrogens (tertiary/aromatic N) is 2. The van der Waals surface area contributed by atoms with Crippen LogP contribution < -0.4 is 14.2 Å². The Balaban J connectivity index is 1.75. The number of ether oxygens (including phenoxy) is 3. The number of fused-ring (bicyclic) bond motifs is 1. The van der Waals surface area contributed by atoms with Gasteiger partial charge in [0.15, 0.2) is 11.5 Å². The van der Waals surface area contributed by atoms with Gasteiger partial charge in [0.2, 0.25) is 5.75 Å². The van der Waals surface area contributed by atoms with E-state index in [2.05, 4.69) is 10.2 Å². The third-order valence-corrected chi connectivity index (χ3v) is 6.47. The van der Waals surface area contributed by atoms with Crippen LogP contribution in [0.1, 0.15) is 44.5 Å². The molecule has 0 saturated heterocycles. The molecule has 186 valence electrons. The van der Waals surface area contributed by atoms with Gasteiger partial charge in [0.05, 0.1) is 40.2 Å². The third kappa shape index (κ3) is 3.64. The summed E-state index contributed by atoms with van der Waals surface area (Å²) in [6.07, 6.45) is 1.57. The number of amides is 1. The average molecular weight is 490 g/mol. The molecule has 9 heteroatoms. The molecular formula is C27H27N3O6. The molecule has 1 amide bonds. The van der Waals surface area contributed by atoms with Crippen molar-refractivity contribution in [1.82, 2.24) is 15.1 Å². The van der Waals surface area contributed by atoms with Crippen LogP contribution in [-0.4, -0.2) is 47.4 Å². The van der Waals surface area contributed by atoms with Crippen molar-refractivity contribution in [3.8, 4) is 34.3 Å². The summed E-state index contributed by atoms with van der Waals surface area (Å²) in [5.74, 6) is 1.88. The van der Waals surface area contributed by atoms with Crippen LogP contribution in [-0.2, 0) is 6.54 Å². The van der Waals surface area contributed by atoms with Crippen molar-refractivity contribution in [3.63, 3.8) is 0 Å². The second kappa shape index (κ2) is 8.99. The normalized spacial score (nSPS) is 14.8. The third-order valence-electron chi connectivity index (χ3n) is 6.47. The molecule has 0 saturated carbocycles. The zero-order valence-corrected chi connectivity index (χ0v) is 20.7. The lowest BCUT2D eigenvalue weighted by Gasteiger charge is -2.27. The average Bonchev–Trinajstić information content (AvgIpc) is 3.57. The van der Waals surface area contributed by atoms with Gasteiger partial charge in [-0.15, -0.1) is 0 Å². The van der Waals surface area contributed by atoms with Gasteiger partial charge < -0.3 is 28.6 Å². The fourth-order valence-corrected chi connectivity index (χ4v) is 4.98. The molecule has 2 aromatic carbocycles. The van der Waals surface area contributed by atoms with Gasteiger partial charge in [-0.2, -0.15) is 5.10 Å². The topological polar surface area (TPSA) is 110 Å². The largest absolute Gasteiger partial charge is 0.507 e. The van der Waals surface area contributed by atoms with E-state index in [0.29, 0.717) is 45.5 Å². The van der Waals surface area contributed by atoms with Crippen molar-refractivity contribution >= 4 is 5.91 Å². The standard InChI is InChI=1S/C27H27N3O6/c1-14-9-15(2)21(18(31)10-14)23-22-24(29-28-23)27(32)30(13-17-7-6-8-36-17)25(22)16-11-19(33-3)26(35-5)20(12-16)34-4/h6-12,25,31H,13H2,1-5H3,(H,28,29)/t25-/m1/s1. The van der Waals surface area contributed by atoms with Crippen molar-refractivity contribution in [1.29, 1.82) is 0 Å². The number of phenolic OH excluding ortho intramolecular Hbond substituents is 1. The number of aromatic amines is 1. The number of carbonyl (C=O) groups excluding carboxylic acids is 1. The van der Waals surface area contributed by atoms with Crippen LogP contribution in [0.15, 0.2) is 47.1 Å². The first kappa shape index (κ1) is 23.3. The number of methoxy groups -OCH3 is 3. The van der Waals surface area contributed by atoms with Crippen LogP contribution in [0.5, 0.6) is 23.0 Å². The summed E-state index contributed by atoms with van der Waals surface area (Å²) < 4.78 is 22.3. The molecule has 0 spiro atoms. The van der Waals surface area contributed by atoms with E-state index in [4.69, 9.17) is 18.6 Å². The minimum atomic E-state index is -0.569. The van der Waals surface area contributed by atoms with E-state index in [-0.39, 0.29) is 18.2 Å². The molecule has 0 fully saturated rings. The molecule has 36 heavy (non-hydrogen) atoms. The van der Waals surface area contributed by atoms with Gasteiger partial charge in [-0.3, -0.25) is 9.89 Å². The molecule has 0 aliphatic carbocycles. The maximum absolute atomic E-state index is 13.7. The predicted octanol–water partition coefficient (Wildman–Crippen LogP) is 4.76. The number of aromatic nitrogens is 2. The summed E-state index contributed by atoms with van der Waals surface area (Å²) in [5.41, 5.74) is 4.60. The summed E-state index contributed by atoms with van der Waals surface area (Å²) in [7, 11) is 4.63. The first-order valence-electron chi connectivity index (χ1n) is 11.4. The molecule has 1 aliphatic rings. The van der Waals surface area contributed by atoms with Crippen molar-refractivity contribution in [2.24, 2.45) is 0 Å². The van der Waals surface area contributed by atoms with Gasteiger partial charge in [-0.25, -0.2) is 0 Å². The fourth-order valence-electron chi connectivity index (χ4n) is 4.98. The molecule has 2 aromatic heterocycles. The zero-order chi connectivity index (χ0) is 25.6. The Labute approximate surface area is 208 Å². The van der Waals surface area contributed by atoms with Gasteiger partial charge in [0.1, 0.15) is 22.9 Å². The predicted molar refractivity (Wildman–Crippen MR) is 132 cm³/mol. The van der Waals surface area contributed by atoms with Gasteiger partial charge in [0, 0.05) is 11.1 Å². The molecule has 9 nitrogen and oxygen atoms in total. The monoisotopic (exact) mass is 489 g/mol. The van der Waals surface area contributed by atoms with Crippen LogP contribution >= 0.6 is 0 Å². The zero-order valence-electron chi connectivity index (χ0n) is 20.7. The molecule has 4 aromatic rings. The number of carbonyl (C=O) groups is 1. The molecule has 1 atom stereocenters. The molecule has 2 N–H and O–H groups in total. The molecule has 5 rings (SSSR count). The maximum Gasteiger partial charge on any atom is 0.273 e. The van der Waals surface area contributed by atoms with E-state index in [0.717, 1.165) is 16.7 Å². The molecule has 0 bridgehead atoms. The first-order chi connectivity index (χ1) is 17.4. The highest BCUT2D eigenvalue weighted by Gasteiger charge is 2.43. The van der Waals surface area contributed by atoms with Crippen molar-refractivity contribution in [2.75, 3.05) is 21.3 Å². The second-order valence-corrected chi connectivity index (χ2v) is 8.71. The first-order valence-corrected chi connectivity index (χ1v) is 11.4. The highest BCUT2D eigenvalue weighted by molar-refractivity contribution is 6.00. The number of H-pyrrole nitrogens is 1. The van der Waals surface area contributed by atoms with E-state index in [9.17, 15) is 9.90 Å². The van der Waals surface area contributed by atoms with Gasteiger partial charge in [-0.1, -0.05) is 6.07 Å². The van der Waals surface area contributed by atoms with Crippen molar-refractivity contribution in [3.05, 3.63) is 76.4 Å². The Kier molecular flexibility index (Phi) is 5.83. The molecule has 0 unspecified atom stereocenters. The van der Waals surface area contributed by atoms with Gasteiger partial charge in [-0.05, 0) is 60.9 Å². The highest BCUT2D eigenvalue weighted by Crippen LogP contribution is 2.49. The number of hydrogen-bond donors (Lipinski definition) is 2. The highest BCUT2D eigenvalue weighted by atomic mass is 16.5. The van der Waals surface area contributed by atoms with Crippen LogP contribution in [0, 0.1) is 13.8 Å². The molecule has 3 heterocycles. The van der Waals surface area contributed by atoms with E-state index in [1.165, 1.54) is 7.11 Å². The fraction of sp³-hybridized carbons (Fsp3) is 0.259. The number of aryl methyl sites for hydroxylation is 2. The minimum Gasteiger partial charge on any atom is -0.507 e. The number of rotatable bonds is 7. The van der Waals surface area contributed by atoms with Crippen molar-refractivity contribution < 1.29 is 28.5 Å². The second-order valence-electron chi connectivity index (χ2n) is 8.71. The van der Waals surface area contributed by atoms with E-state index in [1.54, 1.807) is 37.5 Å². The SMILES string of the molecule is COc1cc([C@@H]2c3c(-c4c(C)cc(C)cc4O)n[nH]c3C(=O)N2Cc2ccco2)cc(OC)c1OC. The molecule has 1 aliphatic heterocycles. The Morgan fingerprint density at radius 3 is 2.39 bits per heavy atom. The van der Waals surface area contributed by atoms with Crippen LogP contribution in [0.2, 0.25) is 0 Å². The summed E-state index contributed by atoms with van der Waals surface area (Å²) in [6.45, 7) is 4.06. The summed E-state index contributed by atoms with van der Waals surface area (Å²) in [4.78, 5) is 15.4. The van der Waals surface area contributed by atoms with Gasteiger partial charge in [0.25, 0.3) is 5.91 Å².